The van der Waals surface area contributed by atoms with Gasteiger partial charge in [0.2, 0.25) is 0 Å². The molecular formula is C19H39NO5. The largest absolute Gasteiger partial charge is 0.395 e. The Kier molecular flexibility index (Phi) is 10.5. The maximum atomic E-state index is 9.96. The average Bonchev–Trinajstić information content (AvgIpc) is 2.54. The summed E-state index contributed by atoms with van der Waals surface area (Å²) in [6.07, 6.45) is 1.15. The first kappa shape index (κ1) is 22.8. The molecule has 150 valence electrons. The fraction of sp³-hybridized carbons (Fsp3) is 1.00. The molecule has 0 unspecified atom stereocenters. The summed E-state index contributed by atoms with van der Waals surface area (Å²) in [6.45, 7) is 10.3. The smallest absolute Gasteiger partial charge is 0.109 e. The molecule has 0 bridgehead atoms. The molecule has 6 nitrogen and oxygen atoms in total. The number of aliphatic hydroxyl groups excluding tert-OH is 4. The molecule has 0 saturated carbocycles. The van der Waals surface area contributed by atoms with Crippen LogP contribution in [-0.4, -0.2) is 82.1 Å². The van der Waals surface area contributed by atoms with Crippen LogP contribution in [0.5, 0.6) is 0 Å². The minimum absolute atomic E-state index is 0.218. The van der Waals surface area contributed by atoms with Crippen LogP contribution in [0.1, 0.15) is 53.4 Å². The van der Waals surface area contributed by atoms with E-state index in [0.29, 0.717) is 24.5 Å². The first-order chi connectivity index (χ1) is 11.8. The Balaban J connectivity index is 2.20. The monoisotopic (exact) mass is 361 g/mol. The van der Waals surface area contributed by atoms with Crippen molar-refractivity contribution in [2.75, 3.05) is 26.3 Å². The Hall–Kier alpha value is -0.240. The van der Waals surface area contributed by atoms with E-state index in [2.05, 4.69) is 27.7 Å². The summed E-state index contributed by atoms with van der Waals surface area (Å²) < 4.78 is 6.00. The first-order valence-electron chi connectivity index (χ1n) is 9.80. The molecule has 4 N–H and O–H groups in total. The fourth-order valence-corrected chi connectivity index (χ4v) is 3.78. The van der Waals surface area contributed by atoms with Crippen molar-refractivity contribution >= 4 is 0 Å². The summed E-state index contributed by atoms with van der Waals surface area (Å²) in [7, 11) is 0. The van der Waals surface area contributed by atoms with Crippen LogP contribution in [0.25, 0.3) is 0 Å². The topological polar surface area (TPSA) is 93.4 Å². The molecule has 1 fully saturated rings. The molecule has 1 rings (SSSR count). The molecule has 25 heavy (non-hydrogen) atoms. The van der Waals surface area contributed by atoms with Crippen molar-refractivity contribution in [3.63, 3.8) is 0 Å². The third-order valence-electron chi connectivity index (χ3n) is 5.18. The zero-order valence-electron chi connectivity index (χ0n) is 16.3. The molecule has 0 amide bonds. The van der Waals surface area contributed by atoms with E-state index in [0.717, 1.165) is 32.3 Å². The predicted molar refractivity (Wildman–Crippen MR) is 98.4 cm³/mol. The van der Waals surface area contributed by atoms with Crippen molar-refractivity contribution in [1.82, 2.24) is 4.90 Å². The number of hydrogen-bond acceptors (Lipinski definition) is 6. The van der Waals surface area contributed by atoms with Crippen LogP contribution in [0.2, 0.25) is 0 Å². The molecule has 0 aliphatic carbocycles. The van der Waals surface area contributed by atoms with Gasteiger partial charge in [0.05, 0.1) is 24.9 Å². The van der Waals surface area contributed by atoms with E-state index in [4.69, 9.17) is 4.74 Å². The Morgan fingerprint density at radius 1 is 0.920 bits per heavy atom. The van der Waals surface area contributed by atoms with E-state index in [1.54, 1.807) is 0 Å². The summed E-state index contributed by atoms with van der Waals surface area (Å²) in [4.78, 5) is 1.88. The number of unbranched alkanes of at least 4 members (excludes halogenated alkanes) is 3. The first-order valence-corrected chi connectivity index (χ1v) is 9.80. The third kappa shape index (κ3) is 7.12. The molecule has 4 atom stereocenters. The maximum absolute atomic E-state index is 9.96. The lowest BCUT2D eigenvalue weighted by atomic mass is 9.94. The normalized spacial score (nSPS) is 28.4. The number of β-amino-alcohol motifs (C(OH)–C–C–N with tert-alkyl or cyclic N) is 1. The van der Waals surface area contributed by atoms with Crippen molar-refractivity contribution in [2.24, 2.45) is 11.8 Å². The number of hydrogen-bond donors (Lipinski definition) is 4. The van der Waals surface area contributed by atoms with Crippen LogP contribution in [-0.2, 0) is 4.74 Å². The third-order valence-corrected chi connectivity index (χ3v) is 5.18. The van der Waals surface area contributed by atoms with Gasteiger partial charge < -0.3 is 25.2 Å². The lowest BCUT2D eigenvalue weighted by Gasteiger charge is -2.43. The van der Waals surface area contributed by atoms with Gasteiger partial charge in [-0.15, -0.1) is 0 Å². The molecular weight excluding hydrogens is 322 g/mol. The quantitative estimate of drug-likeness (QED) is 0.410. The lowest BCUT2D eigenvalue weighted by molar-refractivity contribution is -0.145. The molecule has 0 radical (unpaired) electrons. The summed E-state index contributed by atoms with van der Waals surface area (Å²) in [5.74, 6) is 1.06. The van der Waals surface area contributed by atoms with Crippen LogP contribution >= 0.6 is 0 Å². The minimum atomic E-state index is -1.18. The van der Waals surface area contributed by atoms with Crippen LogP contribution in [0, 0.1) is 11.8 Å². The van der Waals surface area contributed by atoms with Crippen molar-refractivity contribution in [3.8, 4) is 0 Å². The molecule has 0 aromatic carbocycles. The highest BCUT2D eigenvalue weighted by Gasteiger charge is 2.40. The Bertz CT molecular complexity index is 345. The molecule has 0 spiro atoms. The van der Waals surface area contributed by atoms with E-state index in [1.807, 2.05) is 4.90 Å². The molecule has 0 aromatic rings. The van der Waals surface area contributed by atoms with E-state index in [9.17, 15) is 20.4 Å². The van der Waals surface area contributed by atoms with E-state index >= 15 is 0 Å². The highest BCUT2D eigenvalue weighted by Crippen LogP contribution is 2.20. The van der Waals surface area contributed by atoms with Crippen LogP contribution in [0.4, 0.5) is 0 Å². The van der Waals surface area contributed by atoms with Gasteiger partial charge >= 0.3 is 0 Å². The second kappa shape index (κ2) is 11.5. The second-order valence-electron chi connectivity index (χ2n) is 8.03. The summed E-state index contributed by atoms with van der Waals surface area (Å²) in [5, 5.41) is 38.9. The van der Waals surface area contributed by atoms with Gasteiger partial charge in [-0.3, -0.25) is 4.90 Å². The maximum Gasteiger partial charge on any atom is 0.109 e. The van der Waals surface area contributed by atoms with Gasteiger partial charge in [0.15, 0.2) is 0 Å². The molecule has 1 saturated heterocycles. The van der Waals surface area contributed by atoms with Gasteiger partial charge in [-0.2, -0.15) is 0 Å². The molecule has 6 heteroatoms. The van der Waals surface area contributed by atoms with Gasteiger partial charge in [0.1, 0.15) is 12.2 Å². The van der Waals surface area contributed by atoms with Crippen molar-refractivity contribution in [3.05, 3.63) is 0 Å². The Morgan fingerprint density at radius 3 is 2.08 bits per heavy atom. The zero-order valence-corrected chi connectivity index (χ0v) is 16.3. The molecule has 0 aromatic heterocycles. The number of aliphatic hydroxyl groups is 4. The summed E-state index contributed by atoms with van der Waals surface area (Å²) >= 11 is 0. The molecule has 1 aliphatic heterocycles. The number of likely N-dealkylation sites (tertiary alicyclic amines) is 1. The number of piperidine rings is 1. The van der Waals surface area contributed by atoms with Gasteiger partial charge in [-0.1, -0.05) is 40.5 Å². The average molecular weight is 362 g/mol. The molecule has 1 heterocycles. The van der Waals surface area contributed by atoms with Gasteiger partial charge in [0, 0.05) is 13.2 Å². The summed E-state index contributed by atoms with van der Waals surface area (Å²) in [6, 6.07) is -0.500. The Morgan fingerprint density at radius 2 is 1.52 bits per heavy atom. The molecule has 1 aliphatic rings. The highest BCUT2D eigenvalue weighted by atomic mass is 16.5. The highest BCUT2D eigenvalue weighted by molar-refractivity contribution is 4.93. The SMILES string of the molecule is CC(C)C(OCCCCCCN1C[C@H](O)[C@@H](O)[C@H](O)[C@H]1CO)C(C)C. The van der Waals surface area contributed by atoms with Gasteiger partial charge in [-0.25, -0.2) is 0 Å². The lowest BCUT2D eigenvalue weighted by Crippen LogP contribution is -2.62. The van der Waals surface area contributed by atoms with Crippen molar-refractivity contribution in [2.45, 2.75) is 83.8 Å². The predicted octanol–water partition coefficient (Wildman–Crippen LogP) is 1.00. The van der Waals surface area contributed by atoms with Crippen molar-refractivity contribution in [1.29, 1.82) is 0 Å². The van der Waals surface area contributed by atoms with Gasteiger partial charge in [0.25, 0.3) is 0 Å². The van der Waals surface area contributed by atoms with E-state index in [1.165, 1.54) is 0 Å². The second-order valence-corrected chi connectivity index (χ2v) is 8.03. The van der Waals surface area contributed by atoms with E-state index < -0.39 is 24.4 Å². The fourth-order valence-electron chi connectivity index (χ4n) is 3.78. The summed E-state index contributed by atoms with van der Waals surface area (Å²) in [5.41, 5.74) is 0. The van der Waals surface area contributed by atoms with E-state index in [-0.39, 0.29) is 13.2 Å². The zero-order chi connectivity index (χ0) is 19.0. The van der Waals surface area contributed by atoms with Crippen LogP contribution in [0.15, 0.2) is 0 Å². The Labute approximate surface area is 152 Å². The van der Waals surface area contributed by atoms with Crippen LogP contribution < -0.4 is 0 Å². The number of rotatable bonds is 11. The minimum Gasteiger partial charge on any atom is -0.395 e. The number of nitrogens with zero attached hydrogens (tertiary/aromatic N) is 1. The standard InChI is InChI=1S/C19H39NO5/c1-13(2)19(14(3)4)25-10-8-6-5-7-9-20-11-16(22)18(24)17(23)15(20)12-21/h13-19,21-24H,5-12H2,1-4H3/t15-,16+,17-,18-/m1/s1. The van der Waals surface area contributed by atoms with Crippen LogP contribution in [0.3, 0.4) is 0 Å². The number of ether oxygens (including phenoxy) is 1. The van der Waals surface area contributed by atoms with Gasteiger partial charge in [-0.05, 0) is 31.2 Å². The van der Waals surface area contributed by atoms with Crippen molar-refractivity contribution < 1.29 is 25.2 Å².